The average molecular weight is 368 g/mol. The molecule has 0 radical (unpaired) electrons. The van der Waals surface area contributed by atoms with E-state index in [1.54, 1.807) is 16.2 Å². The number of benzene rings is 1. The van der Waals surface area contributed by atoms with Crippen molar-refractivity contribution in [2.45, 2.75) is 39.3 Å². The molecule has 1 aromatic heterocycles. The molecule has 0 bridgehead atoms. The van der Waals surface area contributed by atoms with Crippen LogP contribution in [0.2, 0.25) is 0 Å². The number of amides is 1. The minimum absolute atomic E-state index is 0.216. The van der Waals surface area contributed by atoms with Gasteiger partial charge in [-0.1, -0.05) is 22.0 Å². The van der Waals surface area contributed by atoms with Crippen molar-refractivity contribution in [3.8, 4) is 0 Å². The number of rotatable bonds is 0. The van der Waals surface area contributed by atoms with E-state index in [1.165, 1.54) is 20.5 Å². The highest BCUT2D eigenvalue weighted by atomic mass is 79.9. The molecular formula is C16H18BrNO2S. The molecule has 5 heteroatoms. The summed E-state index contributed by atoms with van der Waals surface area (Å²) in [5, 5.41) is 1.32. The molecule has 2 heterocycles. The smallest absolute Gasteiger partial charge is 0.410 e. The van der Waals surface area contributed by atoms with Gasteiger partial charge >= 0.3 is 6.09 Å². The summed E-state index contributed by atoms with van der Waals surface area (Å²) in [5.41, 5.74) is 0.949. The van der Waals surface area contributed by atoms with Crippen LogP contribution in [0.25, 0.3) is 10.1 Å². The predicted molar refractivity (Wildman–Crippen MR) is 89.9 cm³/mol. The van der Waals surface area contributed by atoms with Gasteiger partial charge in [0.25, 0.3) is 0 Å². The van der Waals surface area contributed by atoms with Crippen molar-refractivity contribution in [1.82, 2.24) is 4.90 Å². The summed E-state index contributed by atoms with van der Waals surface area (Å²) in [6, 6.07) is 6.39. The fourth-order valence-electron chi connectivity index (χ4n) is 2.56. The molecule has 0 unspecified atom stereocenters. The Bertz CT molecular complexity index is 702. The Morgan fingerprint density at radius 1 is 1.38 bits per heavy atom. The van der Waals surface area contributed by atoms with Gasteiger partial charge in [0.15, 0.2) is 0 Å². The molecule has 0 aliphatic carbocycles. The summed E-state index contributed by atoms with van der Waals surface area (Å²) in [4.78, 5) is 15.3. The Morgan fingerprint density at radius 3 is 2.86 bits per heavy atom. The zero-order chi connectivity index (χ0) is 15.2. The van der Waals surface area contributed by atoms with Crippen molar-refractivity contribution in [1.29, 1.82) is 0 Å². The summed E-state index contributed by atoms with van der Waals surface area (Å²) in [7, 11) is 0. The Morgan fingerprint density at radius 2 is 2.14 bits per heavy atom. The summed E-state index contributed by atoms with van der Waals surface area (Å²) < 4.78 is 7.84. The monoisotopic (exact) mass is 367 g/mol. The molecule has 0 spiro atoms. The van der Waals surface area contributed by atoms with E-state index >= 15 is 0 Å². The molecule has 1 aliphatic rings. The van der Waals surface area contributed by atoms with Gasteiger partial charge in [0.1, 0.15) is 5.60 Å². The predicted octanol–water partition coefficient (Wildman–Crippen LogP) is 4.96. The lowest BCUT2D eigenvalue weighted by atomic mass is 10.0. The number of hydrogen-bond acceptors (Lipinski definition) is 3. The van der Waals surface area contributed by atoms with Crippen LogP contribution in [0, 0.1) is 0 Å². The van der Waals surface area contributed by atoms with E-state index in [2.05, 4.69) is 34.1 Å². The first-order chi connectivity index (χ1) is 9.83. The lowest BCUT2D eigenvalue weighted by Crippen LogP contribution is -2.39. The number of thiophene rings is 1. The van der Waals surface area contributed by atoms with Crippen molar-refractivity contribution < 1.29 is 9.53 Å². The topological polar surface area (TPSA) is 29.5 Å². The second kappa shape index (κ2) is 5.29. The average Bonchev–Trinajstić information content (AvgIpc) is 2.72. The SMILES string of the molecule is CC(C)(C)OC(=O)N1CCc2c(sc3cc(Br)ccc23)C1. The Kier molecular flexibility index (Phi) is 3.74. The maximum absolute atomic E-state index is 12.2. The highest BCUT2D eigenvalue weighted by Crippen LogP contribution is 2.36. The Balaban J connectivity index is 1.86. The van der Waals surface area contributed by atoms with Gasteiger partial charge in [0.2, 0.25) is 0 Å². The van der Waals surface area contributed by atoms with Gasteiger partial charge in [-0.25, -0.2) is 4.79 Å². The first-order valence-corrected chi connectivity index (χ1v) is 8.62. The van der Waals surface area contributed by atoms with Gasteiger partial charge in [-0.3, -0.25) is 0 Å². The first-order valence-electron chi connectivity index (χ1n) is 7.01. The number of carbonyl (C=O) groups excluding carboxylic acids is 1. The third-order valence-corrected chi connectivity index (χ3v) is 5.13. The molecule has 3 rings (SSSR count). The van der Waals surface area contributed by atoms with E-state index < -0.39 is 5.60 Å². The van der Waals surface area contributed by atoms with Crippen molar-refractivity contribution in [3.05, 3.63) is 33.1 Å². The highest BCUT2D eigenvalue weighted by Gasteiger charge is 2.27. The normalized spacial score (nSPS) is 15.1. The third-order valence-electron chi connectivity index (χ3n) is 3.46. The van der Waals surface area contributed by atoms with Gasteiger partial charge in [-0.15, -0.1) is 11.3 Å². The highest BCUT2D eigenvalue weighted by molar-refractivity contribution is 9.10. The number of halogens is 1. The molecule has 21 heavy (non-hydrogen) atoms. The van der Waals surface area contributed by atoms with Crippen LogP contribution in [0.15, 0.2) is 22.7 Å². The number of nitrogens with zero attached hydrogens (tertiary/aromatic N) is 1. The van der Waals surface area contributed by atoms with Gasteiger partial charge in [-0.05, 0) is 50.3 Å². The number of fused-ring (bicyclic) bond motifs is 3. The molecular weight excluding hydrogens is 350 g/mol. The second-order valence-electron chi connectivity index (χ2n) is 6.30. The Hall–Kier alpha value is -1.07. The number of hydrogen-bond donors (Lipinski definition) is 0. The molecule has 2 aromatic rings. The second-order valence-corrected chi connectivity index (χ2v) is 8.35. The van der Waals surface area contributed by atoms with Gasteiger partial charge in [-0.2, -0.15) is 0 Å². The molecule has 0 N–H and O–H groups in total. The molecule has 0 saturated heterocycles. The zero-order valence-electron chi connectivity index (χ0n) is 12.4. The molecule has 0 atom stereocenters. The molecule has 112 valence electrons. The molecule has 3 nitrogen and oxygen atoms in total. The van der Waals surface area contributed by atoms with Crippen LogP contribution in [-0.2, 0) is 17.7 Å². The van der Waals surface area contributed by atoms with Crippen LogP contribution in [0.1, 0.15) is 31.2 Å². The summed E-state index contributed by atoms with van der Waals surface area (Å²) in [6.07, 6.45) is 0.683. The van der Waals surface area contributed by atoms with E-state index in [1.807, 2.05) is 20.8 Å². The zero-order valence-corrected chi connectivity index (χ0v) is 14.8. The molecule has 0 saturated carbocycles. The van der Waals surface area contributed by atoms with Gasteiger partial charge < -0.3 is 9.64 Å². The standard InChI is InChI=1S/C16H18BrNO2S/c1-16(2,3)20-15(19)18-7-6-12-11-5-4-10(17)8-13(11)21-14(12)9-18/h4-5,8H,6-7,9H2,1-3H3. The van der Waals surface area contributed by atoms with Crippen LogP contribution in [0.4, 0.5) is 4.79 Å². The van der Waals surface area contributed by atoms with Crippen molar-refractivity contribution in [2.24, 2.45) is 0 Å². The Labute approximate surface area is 137 Å². The van der Waals surface area contributed by atoms with Crippen LogP contribution in [0.3, 0.4) is 0 Å². The lowest BCUT2D eigenvalue weighted by molar-refractivity contribution is 0.0227. The van der Waals surface area contributed by atoms with Crippen LogP contribution in [0.5, 0.6) is 0 Å². The summed E-state index contributed by atoms with van der Waals surface area (Å²) in [6.45, 7) is 7.08. The number of carbonyl (C=O) groups is 1. The minimum Gasteiger partial charge on any atom is -0.444 e. The first kappa shape index (κ1) is 14.9. The van der Waals surface area contributed by atoms with E-state index in [0.717, 1.165) is 17.4 Å². The van der Waals surface area contributed by atoms with Gasteiger partial charge in [0, 0.05) is 20.6 Å². The fraction of sp³-hybridized carbons (Fsp3) is 0.438. The molecule has 0 fully saturated rings. The van der Waals surface area contributed by atoms with Gasteiger partial charge in [0.05, 0.1) is 6.54 Å². The number of ether oxygens (including phenoxy) is 1. The minimum atomic E-state index is -0.442. The van der Waals surface area contributed by atoms with E-state index in [-0.39, 0.29) is 6.09 Å². The van der Waals surface area contributed by atoms with E-state index in [0.29, 0.717) is 6.54 Å². The maximum Gasteiger partial charge on any atom is 0.410 e. The fourth-order valence-corrected chi connectivity index (χ4v) is 4.38. The van der Waals surface area contributed by atoms with Crippen molar-refractivity contribution in [2.75, 3.05) is 6.54 Å². The van der Waals surface area contributed by atoms with Crippen LogP contribution in [-0.4, -0.2) is 23.1 Å². The molecule has 1 aliphatic heterocycles. The van der Waals surface area contributed by atoms with E-state index in [4.69, 9.17) is 4.74 Å². The maximum atomic E-state index is 12.2. The largest absolute Gasteiger partial charge is 0.444 e. The van der Waals surface area contributed by atoms with E-state index in [9.17, 15) is 4.79 Å². The summed E-state index contributed by atoms with van der Waals surface area (Å²) in [5.74, 6) is 0. The third kappa shape index (κ3) is 3.09. The van der Waals surface area contributed by atoms with Crippen LogP contribution >= 0.6 is 27.3 Å². The van der Waals surface area contributed by atoms with Crippen molar-refractivity contribution in [3.63, 3.8) is 0 Å². The summed E-state index contributed by atoms with van der Waals surface area (Å²) >= 11 is 5.29. The lowest BCUT2D eigenvalue weighted by Gasteiger charge is -2.30. The molecule has 1 aromatic carbocycles. The van der Waals surface area contributed by atoms with Crippen molar-refractivity contribution >= 4 is 43.4 Å². The molecule has 1 amide bonds. The van der Waals surface area contributed by atoms with Crippen LogP contribution < -0.4 is 0 Å². The quantitative estimate of drug-likeness (QED) is 0.658.